The van der Waals surface area contributed by atoms with E-state index in [9.17, 15) is 4.79 Å². The van der Waals surface area contributed by atoms with Crippen molar-refractivity contribution in [1.82, 2.24) is 9.66 Å². The summed E-state index contributed by atoms with van der Waals surface area (Å²) < 4.78 is 1.86. The summed E-state index contributed by atoms with van der Waals surface area (Å²) >= 11 is 7.11. The quantitative estimate of drug-likeness (QED) is 0.872. The zero-order chi connectivity index (χ0) is 13.3. The fourth-order valence-electron chi connectivity index (χ4n) is 1.62. The van der Waals surface area contributed by atoms with Crippen molar-refractivity contribution in [2.24, 2.45) is 0 Å². The van der Waals surface area contributed by atoms with E-state index in [1.165, 1.54) is 11.8 Å². The van der Waals surface area contributed by atoms with Crippen molar-refractivity contribution in [3.8, 4) is 0 Å². The summed E-state index contributed by atoms with van der Waals surface area (Å²) in [5, 5.41) is 11.8. The lowest BCUT2D eigenvalue weighted by atomic mass is 10.3. The fourth-order valence-corrected chi connectivity index (χ4v) is 2.59. The van der Waals surface area contributed by atoms with Crippen molar-refractivity contribution in [3.63, 3.8) is 0 Å². The maximum absolute atomic E-state index is 10.6. The molecule has 1 heterocycles. The summed E-state index contributed by atoms with van der Waals surface area (Å²) in [4.78, 5) is 15.0. The Morgan fingerprint density at radius 3 is 2.89 bits per heavy atom. The van der Waals surface area contributed by atoms with Crippen molar-refractivity contribution in [2.75, 3.05) is 24.9 Å². The molecular formula is C11H12ClN3O2S. The molecule has 2 aromatic rings. The third-order valence-electron chi connectivity index (χ3n) is 2.29. The number of aliphatic carboxylic acids is 1. The largest absolute Gasteiger partial charge is 0.481 e. The molecule has 0 fully saturated rings. The third kappa shape index (κ3) is 2.54. The molecule has 1 aromatic carbocycles. The van der Waals surface area contributed by atoms with Crippen LogP contribution in [-0.2, 0) is 4.79 Å². The first-order chi connectivity index (χ1) is 8.49. The minimum atomic E-state index is -0.865. The summed E-state index contributed by atoms with van der Waals surface area (Å²) in [5.41, 5.74) is 1.65. The normalized spacial score (nSPS) is 10.8. The van der Waals surface area contributed by atoms with Gasteiger partial charge < -0.3 is 10.1 Å². The van der Waals surface area contributed by atoms with Gasteiger partial charge in [-0.15, -0.1) is 0 Å². The van der Waals surface area contributed by atoms with Crippen molar-refractivity contribution in [1.29, 1.82) is 0 Å². The molecular weight excluding hydrogens is 274 g/mol. The van der Waals surface area contributed by atoms with E-state index in [1.54, 1.807) is 12.1 Å². The van der Waals surface area contributed by atoms with Gasteiger partial charge in [-0.2, -0.15) is 0 Å². The molecule has 96 valence electrons. The van der Waals surface area contributed by atoms with Crippen molar-refractivity contribution in [2.45, 2.75) is 5.16 Å². The van der Waals surface area contributed by atoms with Gasteiger partial charge in [0.25, 0.3) is 0 Å². The molecule has 18 heavy (non-hydrogen) atoms. The number of halogens is 1. The van der Waals surface area contributed by atoms with Gasteiger partial charge in [-0.1, -0.05) is 23.4 Å². The zero-order valence-corrected chi connectivity index (χ0v) is 11.5. The molecule has 0 amide bonds. The number of carbonyl (C=O) groups is 1. The highest BCUT2D eigenvalue weighted by molar-refractivity contribution is 7.99. The number of rotatable bonds is 4. The van der Waals surface area contributed by atoms with E-state index in [4.69, 9.17) is 16.7 Å². The van der Waals surface area contributed by atoms with Crippen LogP contribution in [0.2, 0.25) is 5.02 Å². The van der Waals surface area contributed by atoms with Crippen molar-refractivity contribution in [3.05, 3.63) is 23.2 Å². The molecule has 1 aromatic heterocycles. The summed E-state index contributed by atoms with van der Waals surface area (Å²) in [6.45, 7) is 0. The molecule has 7 heteroatoms. The van der Waals surface area contributed by atoms with Crippen molar-refractivity contribution < 1.29 is 9.90 Å². The van der Waals surface area contributed by atoms with E-state index in [0.29, 0.717) is 10.2 Å². The highest BCUT2D eigenvalue weighted by Crippen LogP contribution is 2.25. The summed E-state index contributed by atoms with van der Waals surface area (Å²) in [6.07, 6.45) is 0. The molecule has 0 radical (unpaired) electrons. The number of thioether (sulfide) groups is 1. The minimum Gasteiger partial charge on any atom is -0.481 e. The fraction of sp³-hybridized carbons (Fsp3) is 0.273. The lowest BCUT2D eigenvalue weighted by Crippen LogP contribution is -2.25. The average molecular weight is 286 g/mol. The molecule has 1 N–H and O–H groups in total. The number of benzene rings is 1. The van der Waals surface area contributed by atoms with Crippen LogP contribution < -0.4 is 5.01 Å². The van der Waals surface area contributed by atoms with E-state index in [-0.39, 0.29) is 5.75 Å². The van der Waals surface area contributed by atoms with Crippen molar-refractivity contribution >= 4 is 40.4 Å². The average Bonchev–Trinajstić information content (AvgIpc) is 2.63. The Balaban J connectivity index is 2.50. The monoisotopic (exact) mass is 285 g/mol. The lowest BCUT2D eigenvalue weighted by molar-refractivity contribution is -0.133. The predicted octanol–water partition coefficient (Wildman–Crippen LogP) is 2.06. The van der Waals surface area contributed by atoms with Crippen LogP contribution in [0.15, 0.2) is 23.4 Å². The van der Waals surface area contributed by atoms with Crippen LogP contribution in [0.1, 0.15) is 0 Å². The van der Waals surface area contributed by atoms with Gasteiger partial charge in [0.05, 0.1) is 16.8 Å². The number of aromatic nitrogens is 2. The minimum absolute atomic E-state index is 0.0229. The van der Waals surface area contributed by atoms with Gasteiger partial charge in [-0.25, -0.2) is 9.66 Å². The van der Waals surface area contributed by atoms with Crippen LogP contribution in [0.25, 0.3) is 11.0 Å². The predicted molar refractivity (Wildman–Crippen MR) is 73.2 cm³/mol. The number of hydrogen-bond acceptors (Lipinski definition) is 4. The first-order valence-corrected chi connectivity index (χ1v) is 6.55. The third-order valence-corrected chi connectivity index (χ3v) is 3.44. The van der Waals surface area contributed by atoms with Gasteiger partial charge in [0.15, 0.2) is 5.16 Å². The number of carboxylic acids is 1. The van der Waals surface area contributed by atoms with E-state index in [2.05, 4.69) is 4.98 Å². The van der Waals surface area contributed by atoms with Gasteiger partial charge in [0.1, 0.15) is 0 Å². The molecule has 0 saturated heterocycles. The van der Waals surface area contributed by atoms with Crippen LogP contribution in [0.4, 0.5) is 0 Å². The Bertz CT molecular complexity index is 597. The van der Waals surface area contributed by atoms with Crippen LogP contribution in [0.3, 0.4) is 0 Å². The second-order valence-corrected chi connectivity index (χ2v) is 5.25. The molecule has 0 bridgehead atoms. The molecule has 0 atom stereocenters. The second-order valence-electron chi connectivity index (χ2n) is 3.87. The van der Waals surface area contributed by atoms with Crippen LogP contribution in [0.5, 0.6) is 0 Å². The van der Waals surface area contributed by atoms with E-state index < -0.39 is 5.97 Å². The molecule has 0 spiro atoms. The summed E-state index contributed by atoms with van der Waals surface area (Å²) in [7, 11) is 3.75. The van der Waals surface area contributed by atoms with Gasteiger partial charge in [-0.05, 0) is 18.2 Å². The second kappa shape index (κ2) is 5.07. The standard InChI is InChI=1S/C11H12ClN3O2S/c1-14(2)15-9-4-3-7(12)5-8(9)13-11(15)18-6-10(16)17/h3-5H,6H2,1-2H3,(H,16,17). The topological polar surface area (TPSA) is 58.4 Å². The smallest absolute Gasteiger partial charge is 0.313 e. The van der Waals surface area contributed by atoms with Crippen LogP contribution >= 0.6 is 23.4 Å². The van der Waals surface area contributed by atoms with Crippen LogP contribution in [-0.4, -0.2) is 40.6 Å². The first-order valence-electron chi connectivity index (χ1n) is 5.19. The highest BCUT2D eigenvalue weighted by Gasteiger charge is 2.14. The molecule has 0 aliphatic heterocycles. The number of fused-ring (bicyclic) bond motifs is 1. The number of nitrogens with zero attached hydrogens (tertiary/aromatic N) is 3. The molecule has 0 aliphatic carbocycles. The molecule has 0 unspecified atom stereocenters. The summed E-state index contributed by atoms with van der Waals surface area (Å²) in [6, 6.07) is 5.43. The summed E-state index contributed by atoms with van der Waals surface area (Å²) in [5.74, 6) is -0.888. The van der Waals surface area contributed by atoms with Crippen LogP contribution in [0, 0.1) is 0 Å². The SMILES string of the molecule is CN(C)n1c(SCC(=O)O)nc2cc(Cl)ccc21. The zero-order valence-electron chi connectivity index (χ0n) is 9.92. The molecule has 0 aliphatic rings. The lowest BCUT2D eigenvalue weighted by Gasteiger charge is -2.17. The van der Waals surface area contributed by atoms with E-state index in [1.807, 2.05) is 29.8 Å². The molecule has 0 saturated carbocycles. The Morgan fingerprint density at radius 1 is 1.56 bits per heavy atom. The maximum atomic E-state index is 10.6. The van der Waals surface area contributed by atoms with Gasteiger partial charge in [0, 0.05) is 19.1 Å². The maximum Gasteiger partial charge on any atom is 0.313 e. The van der Waals surface area contributed by atoms with E-state index >= 15 is 0 Å². The highest BCUT2D eigenvalue weighted by atomic mass is 35.5. The molecule has 2 rings (SSSR count). The molecule has 5 nitrogen and oxygen atoms in total. The van der Waals surface area contributed by atoms with Gasteiger partial charge in [-0.3, -0.25) is 4.79 Å². The van der Waals surface area contributed by atoms with Gasteiger partial charge in [0.2, 0.25) is 0 Å². The van der Waals surface area contributed by atoms with E-state index in [0.717, 1.165) is 11.0 Å². The Kier molecular flexibility index (Phi) is 3.68. The first kappa shape index (κ1) is 13.0. The number of imidazole rings is 1. The number of hydrogen-bond donors (Lipinski definition) is 1. The number of carboxylic acid groups (broad SMARTS) is 1. The van der Waals surface area contributed by atoms with Gasteiger partial charge >= 0.3 is 5.97 Å². The Labute approximate surface area is 113 Å². The Hall–Kier alpha value is -1.40. The Morgan fingerprint density at radius 2 is 2.28 bits per heavy atom.